The Morgan fingerprint density at radius 1 is 1.31 bits per heavy atom. The first-order valence-corrected chi connectivity index (χ1v) is 6.03. The Bertz CT molecular complexity index is 366. The maximum atomic E-state index is 9.17. The number of hydrogen-bond acceptors (Lipinski definition) is 2. The van der Waals surface area contributed by atoms with E-state index in [1.165, 1.54) is 18.4 Å². The van der Waals surface area contributed by atoms with E-state index in [0.717, 1.165) is 13.0 Å². The molecular weight excluding hydrogens is 196 g/mol. The van der Waals surface area contributed by atoms with Gasteiger partial charge in [0.05, 0.1) is 12.1 Å². The van der Waals surface area contributed by atoms with Gasteiger partial charge in [-0.1, -0.05) is 30.3 Å². The zero-order chi connectivity index (χ0) is 11.4. The van der Waals surface area contributed by atoms with E-state index >= 15 is 0 Å². The van der Waals surface area contributed by atoms with Gasteiger partial charge in [-0.3, -0.25) is 4.90 Å². The van der Waals surface area contributed by atoms with E-state index in [4.69, 9.17) is 5.26 Å². The summed E-state index contributed by atoms with van der Waals surface area (Å²) in [5.41, 5.74) is 1.31. The van der Waals surface area contributed by atoms with Gasteiger partial charge in [-0.15, -0.1) is 0 Å². The van der Waals surface area contributed by atoms with Crippen LogP contribution in [0.25, 0.3) is 0 Å². The first-order chi connectivity index (χ1) is 7.83. The molecule has 2 nitrogen and oxygen atoms in total. The highest BCUT2D eigenvalue weighted by molar-refractivity contribution is 5.19. The largest absolute Gasteiger partial charge is 0.281 e. The zero-order valence-electron chi connectivity index (χ0n) is 9.76. The number of nitrogens with zero attached hydrogens (tertiary/aromatic N) is 2. The van der Waals surface area contributed by atoms with E-state index in [2.05, 4.69) is 42.2 Å². The predicted molar refractivity (Wildman–Crippen MR) is 64.8 cm³/mol. The Hall–Kier alpha value is -1.33. The van der Waals surface area contributed by atoms with Crippen molar-refractivity contribution in [3.05, 3.63) is 35.9 Å². The molecule has 0 aromatic heterocycles. The monoisotopic (exact) mass is 214 g/mol. The minimum atomic E-state index is 0.101. The predicted octanol–water partition coefficient (Wildman–Crippen LogP) is 3.13. The van der Waals surface area contributed by atoms with Crippen molar-refractivity contribution in [2.45, 2.75) is 38.3 Å². The summed E-state index contributed by atoms with van der Waals surface area (Å²) in [6, 6.07) is 13.3. The van der Waals surface area contributed by atoms with Crippen molar-refractivity contribution >= 4 is 0 Å². The highest BCUT2D eigenvalue weighted by Crippen LogP contribution is 2.27. The van der Waals surface area contributed by atoms with E-state index in [1.54, 1.807) is 0 Å². The molecule has 1 aromatic carbocycles. The molecule has 0 saturated carbocycles. The summed E-state index contributed by atoms with van der Waals surface area (Å²) >= 11 is 0. The van der Waals surface area contributed by atoms with Gasteiger partial charge in [-0.2, -0.15) is 5.26 Å². The van der Waals surface area contributed by atoms with Gasteiger partial charge in [-0.05, 0) is 31.7 Å². The third-order valence-electron chi connectivity index (χ3n) is 3.47. The molecule has 16 heavy (non-hydrogen) atoms. The van der Waals surface area contributed by atoms with Gasteiger partial charge in [0.15, 0.2) is 0 Å². The second-order valence-corrected chi connectivity index (χ2v) is 4.47. The summed E-state index contributed by atoms with van der Waals surface area (Å²) in [7, 11) is 0. The molecule has 84 valence electrons. The third kappa shape index (κ3) is 2.25. The first-order valence-electron chi connectivity index (χ1n) is 6.03. The van der Waals surface area contributed by atoms with Crippen LogP contribution in [-0.4, -0.2) is 17.5 Å². The minimum Gasteiger partial charge on any atom is -0.281 e. The van der Waals surface area contributed by atoms with E-state index in [0.29, 0.717) is 6.04 Å². The van der Waals surface area contributed by atoms with Gasteiger partial charge in [0.2, 0.25) is 0 Å². The van der Waals surface area contributed by atoms with E-state index in [1.807, 2.05) is 6.07 Å². The summed E-state index contributed by atoms with van der Waals surface area (Å²) in [6.45, 7) is 3.25. The smallest absolute Gasteiger partial charge is 0.0982 e. The molecule has 1 aromatic rings. The lowest BCUT2D eigenvalue weighted by atomic mass is 9.98. The van der Waals surface area contributed by atoms with Crippen LogP contribution in [0.3, 0.4) is 0 Å². The molecular formula is C14H18N2. The van der Waals surface area contributed by atoms with Crippen LogP contribution in [0.5, 0.6) is 0 Å². The summed E-state index contributed by atoms with van der Waals surface area (Å²) < 4.78 is 0. The Kier molecular flexibility index (Phi) is 3.58. The maximum absolute atomic E-state index is 9.17. The van der Waals surface area contributed by atoms with E-state index in [-0.39, 0.29) is 6.04 Å². The average Bonchev–Trinajstić information content (AvgIpc) is 2.39. The molecule has 1 fully saturated rings. The molecule has 2 atom stereocenters. The number of piperidine rings is 1. The topological polar surface area (TPSA) is 27.0 Å². The molecule has 1 unspecified atom stereocenters. The standard InChI is InChI=1S/C14H18N2/c1-12(13-7-3-2-4-8-13)16-10-6-5-9-14(16)11-15/h2-4,7-8,12,14H,5-6,9-10H2,1H3/t12-,14?/m0/s1. The van der Waals surface area contributed by atoms with Crippen molar-refractivity contribution in [2.24, 2.45) is 0 Å². The number of hydrogen-bond donors (Lipinski definition) is 0. The maximum Gasteiger partial charge on any atom is 0.0982 e. The normalized spacial score (nSPS) is 23.6. The Balaban J connectivity index is 2.14. The molecule has 1 heterocycles. The van der Waals surface area contributed by atoms with Crippen LogP contribution in [0.1, 0.15) is 37.8 Å². The zero-order valence-corrected chi connectivity index (χ0v) is 9.76. The minimum absolute atomic E-state index is 0.101. The Labute approximate surface area is 97.5 Å². The van der Waals surface area contributed by atoms with Crippen molar-refractivity contribution in [1.82, 2.24) is 4.90 Å². The summed E-state index contributed by atoms with van der Waals surface area (Å²) in [4.78, 5) is 2.33. The Morgan fingerprint density at radius 3 is 2.75 bits per heavy atom. The molecule has 0 N–H and O–H groups in total. The van der Waals surface area contributed by atoms with Crippen LogP contribution >= 0.6 is 0 Å². The lowest BCUT2D eigenvalue weighted by Gasteiger charge is -2.36. The number of benzene rings is 1. The molecule has 0 spiro atoms. The van der Waals surface area contributed by atoms with Gasteiger partial charge in [0, 0.05) is 12.6 Å². The van der Waals surface area contributed by atoms with Gasteiger partial charge in [0.25, 0.3) is 0 Å². The first kappa shape index (κ1) is 11.2. The van der Waals surface area contributed by atoms with E-state index < -0.39 is 0 Å². The van der Waals surface area contributed by atoms with Crippen LogP contribution in [0, 0.1) is 11.3 Å². The fourth-order valence-corrected chi connectivity index (χ4v) is 2.48. The number of likely N-dealkylation sites (tertiary alicyclic amines) is 1. The highest BCUT2D eigenvalue weighted by atomic mass is 15.2. The molecule has 0 bridgehead atoms. The molecule has 1 aliphatic rings. The van der Waals surface area contributed by atoms with Crippen LogP contribution in [0.15, 0.2) is 30.3 Å². The van der Waals surface area contributed by atoms with Gasteiger partial charge in [0.1, 0.15) is 0 Å². The molecule has 2 rings (SSSR count). The van der Waals surface area contributed by atoms with Gasteiger partial charge < -0.3 is 0 Å². The van der Waals surface area contributed by atoms with Gasteiger partial charge >= 0.3 is 0 Å². The highest BCUT2D eigenvalue weighted by Gasteiger charge is 2.26. The molecule has 2 heteroatoms. The van der Waals surface area contributed by atoms with Crippen LogP contribution in [0.2, 0.25) is 0 Å². The van der Waals surface area contributed by atoms with Crippen molar-refractivity contribution in [3.8, 4) is 6.07 Å². The second kappa shape index (κ2) is 5.14. The van der Waals surface area contributed by atoms with Crippen LogP contribution in [0.4, 0.5) is 0 Å². The second-order valence-electron chi connectivity index (χ2n) is 4.47. The fourth-order valence-electron chi connectivity index (χ4n) is 2.48. The van der Waals surface area contributed by atoms with Crippen molar-refractivity contribution in [3.63, 3.8) is 0 Å². The fraction of sp³-hybridized carbons (Fsp3) is 0.500. The summed E-state index contributed by atoms with van der Waals surface area (Å²) in [5.74, 6) is 0. The summed E-state index contributed by atoms with van der Waals surface area (Å²) in [5, 5.41) is 9.17. The van der Waals surface area contributed by atoms with Gasteiger partial charge in [-0.25, -0.2) is 0 Å². The molecule has 0 aliphatic carbocycles. The number of rotatable bonds is 2. The number of nitriles is 1. The molecule has 1 saturated heterocycles. The van der Waals surface area contributed by atoms with E-state index in [9.17, 15) is 0 Å². The summed E-state index contributed by atoms with van der Waals surface area (Å²) in [6.07, 6.45) is 3.43. The van der Waals surface area contributed by atoms with Crippen LogP contribution in [-0.2, 0) is 0 Å². The SMILES string of the molecule is C[C@@H](c1ccccc1)N1CCCCC1C#N. The van der Waals surface area contributed by atoms with Crippen molar-refractivity contribution in [1.29, 1.82) is 5.26 Å². The molecule has 0 radical (unpaired) electrons. The lowest BCUT2D eigenvalue weighted by molar-refractivity contribution is 0.135. The third-order valence-corrected chi connectivity index (χ3v) is 3.47. The quantitative estimate of drug-likeness (QED) is 0.756. The lowest BCUT2D eigenvalue weighted by Crippen LogP contribution is -2.40. The van der Waals surface area contributed by atoms with Crippen LogP contribution < -0.4 is 0 Å². The molecule has 1 aliphatic heterocycles. The van der Waals surface area contributed by atoms with Crippen molar-refractivity contribution < 1.29 is 0 Å². The Morgan fingerprint density at radius 2 is 2.06 bits per heavy atom. The van der Waals surface area contributed by atoms with Crippen molar-refractivity contribution in [2.75, 3.05) is 6.54 Å². The molecule has 0 amide bonds. The average molecular weight is 214 g/mol.